The first-order chi connectivity index (χ1) is 4.68. The highest BCUT2D eigenvalue weighted by molar-refractivity contribution is 6.63. The van der Waals surface area contributed by atoms with Crippen LogP contribution in [0.15, 0.2) is 12.2 Å². The first-order valence-corrected chi connectivity index (χ1v) is 3.23. The monoisotopic (exact) mass is 159 g/mol. The van der Waals surface area contributed by atoms with Crippen molar-refractivity contribution in [2.75, 3.05) is 0 Å². The van der Waals surface area contributed by atoms with Gasteiger partial charge >= 0.3 is 0 Å². The molecule has 1 aliphatic heterocycles. The first kappa shape index (κ1) is 7.28. The average Bonchev–Trinajstić information content (AvgIpc) is 2.13. The van der Waals surface area contributed by atoms with Crippen molar-refractivity contribution in [3.63, 3.8) is 0 Å². The number of amides is 1. The number of nitrogens with one attached hydrogen (secondary N) is 1. The Balaban J connectivity index is 2.40. The van der Waals surface area contributed by atoms with Crippen LogP contribution in [0.2, 0.25) is 0 Å². The molecule has 0 saturated carbocycles. The van der Waals surface area contributed by atoms with Crippen LogP contribution in [-0.2, 0) is 9.59 Å². The fraction of sp³-hybridized carbons (Fsp3) is 0.333. The van der Waals surface area contributed by atoms with Crippen LogP contribution in [0.3, 0.4) is 0 Å². The first-order valence-electron chi connectivity index (χ1n) is 2.85. The van der Waals surface area contributed by atoms with Gasteiger partial charge in [0, 0.05) is 12.5 Å². The SMILES string of the molecule is O=C(Cl)C[C@H]1C=CC(=O)N1. The topological polar surface area (TPSA) is 46.2 Å². The summed E-state index contributed by atoms with van der Waals surface area (Å²) in [4.78, 5) is 20.8. The van der Waals surface area contributed by atoms with Crippen molar-refractivity contribution in [2.24, 2.45) is 0 Å². The summed E-state index contributed by atoms with van der Waals surface area (Å²) in [6.45, 7) is 0. The minimum atomic E-state index is -0.433. The highest BCUT2D eigenvalue weighted by Crippen LogP contribution is 2.03. The van der Waals surface area contributed by atoms with Crippen molar-refractivity contribution in [3.8, 4) is 0 Å². The lowest BCUT2D eigenvalue weighted by Crippen LogP contribution is -2.27. The zero-order valence-electron chi connectivity index (χ0n) is 5.13. The van der Waals surface area contributed by atoms with Crippen LogP contribution < -0.4 is 5.32 Å². The molecule has 1 amide bonds. The Kier molecular flexibility index (Phi) is 2.06. The van der Waals surface area contributed by atoms with Crippen LogP contribution >= 0.6 is 11.6 Å². The third-order valence-electron chi connectivity index (χ3n) is 1.19. The third kappa shape index (κ3) is 1.84. The molecule has 0 aromatic carbocycles. The van der Waals surface area contributed by atoms with Gasteiger partial charge in [0.2, 0.25) is 11.1 Å². The number of hydrogen-bond acceptors (Lipinski definition) is 2. The fourth-order valence-corrected chi connectivity index (χ4v) is 0.941. The minimum Gasteiger partial charge on any atom is -0.346 e. The zero-order chi connectivity index (χ0) is 7.56. The quantitative estimate of drug-likeness (QED) is 0.585. The van der Waals surface area contributed by atoms with E-state index in [4.69, 9.17) is 11.6 Å². The summed E-state index contributed by atoms with van der Waals surface area (Å²) in [5.74, 6) is -0.164. The molecule has 1 rings (SSSR count). The fourth-order valence-electron chi connectivity index (χ4n) is 0.774. The normalized spacial score (nSPS) is 22.9. The molecule has 0 bridgehead atoms. The predicted octanol–water partition coefficient (Wildman–Crippen LogP) is 0.196. The number of hydrogen-bond donors (Lipinski definition) is 1. The van der Waals surface area contributed by atoms with E-state index in [0.717, 1.165) is 0 Å². The smallest absolute Gasteiger partial charge is 0.244 e. The maximum absolute atomic E-state index is 10.5. The van der Waals surface area contributed by atoms with Gasteiger partial charge in [-0.05, 0) is 11.6 Å². The number of carbonyl (C=O) groups is 2. The molecule has 0 radical (unpaired) electrons. The summed E-state index contributed by atoms with van der Waals surface area (Å²) >= 11 is 5.08. The maximum Gasteiger partial charge on any atom is 0.244 e. The van der Waals surface area contributed by atoms with Gasteiger partial charge in [0.15, 0.2) is 0 Å². The van der Waals surface area contributed by atoms with Gasteiger partial charge in [-0.1, -0.05) is 6.08 Å². The molecule has 0 aromatic rings. The summed E-state index contributed by atoms with van der Waals surface area (Å²) in [5, 5.41) is 2.10. The Bertz CT molecular complexity index is 200. The van der Waals surface area contributed by atoms with E-state index < -0.39 is 5.24 Å². The highest BCUT2D eigenvalue weighted by atomic mass is 35.5. The Morgan fingerprint density at radius 1 is 1.80 bits per heavy atom. The lowest BCUT2D eigenvalue weighted by atomic mass is 10.2. The Morgan fingerprint density at radius 2 is 2.50 bits per heavy atom. The van der Waals surface area contributed by atoms with Gasteiger partial charge in [-0.15, -0.1) is 0 Å². The van der Waals surface area contributed by atoms with E-state index in [9.17, 15) is 9.59 Å². The molecule has 1 atom stereocenters. The van der Waals surface area contributed by atoms with E-state index in [1.165, 1.54) is 6.08 Å². The van der Waals surface area contributed by atoms with Crippen LogP contribution in [0.1, 0.15) is 6.42 Å². The van der Waals surface area contributed by atoms with Crippen molar-refractivity contribution in [1.29, 1.82) is 0 Å². The second kappa shape index (κ2) is 2.84. The molecule has 1 aliphatic rings. The molecular formula is C6H6ClNO2. The van der Waals surface area contributed by atoms with E-state index in [-0.39, 0.29) is 18.4 Å². The maximum atomic E-state index is 10.5. The summed E-state index contributed by atoms with van der Waals surface area (Å²) in [7, 11) is 0. The molecule has 3 nitrogen and oxygen atoms in total. The van der Waals surface area contributed by atoms with Crippen molar-refractivity contribution >= 4 is 22.8 Å². The molecule has 1 N–H and O–H groups in total. The molecule has 10 heavy (non-hydrogen) atoms. The van der Waals surface area contributed by atoms with Crippen LogP contribution in [0.4, 0.5) is 0 Å². The lowest BCUT2D eigenvalue weighted by molar-refractivity contribution is -0.116. The Morgan fingerprint density at radius 3 is 2.90 bits per heavy atom. The van der Waals surface area contributed by atoms with Gasteiger partial charge in [-0.25, -0.2) is 0 Å². The average molecular weight is 160 g/mol. The molecule has 0 spiro atoms. The number of carbonyl (C=O) groups excluding carboxylic acids is 2. The van der Waals surface area contributed by atoms with E-state index in [1.807, 2.05) is 0 Å². The van der Waals surface area contributed by atoms with E-state index >= 15 is 0 Å². The molecule has 0 aliphatic carbocycles. The summed E-state index contributed by atoms with van der Waals surface area (Å²) in [6.07, 6.45) is 3.19. The summed E-state index contributed by atoms with van der Waals surface area (Å²) < 4.78 is 0. The van der Waals surface area contributed by atoms with Gasteiger partial charge in [-0.3, -0.25) is 9.59 Å². The molecular weight excluding hydrogens is 154 g/mol. The molecule has 54 valence electrons. The number of rotatable bonds is 2. The molecule has 0 saturated heterocycles. The zero-order valence-corrected chi connectivity index (χ0v) is 5.89. The van der Waals surface area contributed by atoms with Crippen LogP contribution in [0.25, 0.3) is 0 Å². The van der Waals surface area contributed by atoms with E-state index in [2.05, 4.69) is 5.32 Å². The van der Waals surface area contributed by atoms with Gasteiger partial charge in [0.25, 0.3) is 0 Å². The summed E-state index contributed by atoms with van der Waals surface area (Å²) in [6, 6.07) is -0.197. The third-order valence-corrected chi connectivity index (χ3v) is 1.34. The second-order valence-electron chi connectivity index (χ2n) is 2.03. The van der Waals surface area contributed by atoms with Crippen LogP contribution in [0.5, 0.6) is 0 Å². The van der Waals surface area contributed by atoms with Gasteiger partial charge in [0.1, 0.15) is 0 Å². The van der Waals surface area contributed by atoms with Gasteiger partial charge in [-0.2, -0.15) is 0 Å². The Labute approximate surface area is 63.0 Å². The standard InChI is InChI=1S/C6H6ClNO2/c7-5(9)3-4-1-2-6(10)8-4/h1-2,4H,3H2,(H,8,10)/t4-/m1/s1. The van der Waals surface area contributed by atoms with Crippen LogP contribution in [0, 0.1) is 0 Å². The molecule has 0 aromatic heterocycles. The lowest BCUT2D eigenvalue weighted by Gasteiger charge is -2.03. The van der Waals surface area contributed by atoms with Crippen molar-refractivity contribution in [3.05, 3.63) is 12.2 Å². The van der Waals surface area contributed by atoms with Crippen LogP contribution in [-0.4, -0.2) is 17.2 Å². The molecule has 1 heterocycles. The molecule has 0 unspecified atom stereocenters. The highest BCUT2D eigenvalue weighted by Gasteiger charge is 2.15. The number of halogens is 1. The Hall–Kier alpha value is -0.830. The van der Waals surface area contributed by atoms with Gasteiger partial charge in [0.05, 0.1) is 6.04 Å². The van der Waals surface area contributed by atoms with Crippen molar-refractivity contribution in [1.82, 2.24) is 5.32 Å². The molecule has 0 fully saturated rings. The van der Waals surface area contributed by atoms with Crippen molar-refractivity contribution < 1.29 is 9.59 Å². The largest absolute Gasteiger partial charge is 0.346 e. The van der Waals surface area contributed by atoms with Gasteiger partial charge < -0.3 is 5.32 Å². The predicted molar refractivity (Wildman–Crippen MR) is 36.5 cm³/mol. The molecule has 4 heteroatoms. The van der Waals surface area contributed by atoms with E-state index in [0.29, 0.717) is 0 Å². The van der Waals surface area contributed by atoms with Crippen molar-refractivity contribution in [2.45, 2.75) is 12.5 Å². The minimum absolute atomic E-state index is 0.164. The second-order valence-corrected chi connectivity index (χ2v) is 2.46. The van der Waals surface area contributed by atoms with E-state index in [1.54, 1.807) is 6.08 Å². The summed E-state index contributed by atoms with van der Waals surface area (Å²) in [5.41, 5.74) is 0.